The van der Waals surface area contributed by atoms with Gasteiger partial charge in [-0.2, -0.15) is 0 Å². The molecule has 0 radical (unpaired) electrons. The van der Waals surface area contributed by atoms with E-state index in [1.807, 2.05) is 25.1 Å². The summed E-state index contributed by atoms with van der Waals surface area (Å²) in [5.74, 6) is 2.37. The van der Waals surface area contributed by atoms with Gasteiger partial charge in [-0.05, 0) is 56.2 Å². The number of hydrogen-bond acceptors (Lipinski definition) is 4. The minimum absolute atomic E-state index is 0. The molecule has 1 aromatic rings. The quantitative estimate of drug-likeness (QED) is 0.271. The molecule has 2 N–H and O–H groups in total. The Hall–Kier alpha value is -1.22. The van der Waals surface area contributed by atoms with E-state index in [2.05, 4.69) is 17.6 Å². The maximum Gasteiger partial charge on any atom is 0.191 e. The topological polar surface area (TPSA) is 64.1 Å². The van der Waals surface area contributed by atoms with E-state index in [-0.39, 0.29) is 24.0 Å². The third-order valence-corrected chi connectivity index (χ3v) is 5.17. The van der Waals surface area contributed by atoms with Crippen molar-refractivity contribution in [2.75, 3.05) is 40.5 Å². The largest absolute Gasteiger partial charge is 0.493 e. The lowest BCUT2D eigenvalue weighted by Crippen LogP contribution is -2.46. The number of halogens is 1. The van der Waals surface area contributed by atoms with Gasteiger partial charge in [-0.3, -0.25) is 0 Å². The van der Waals surface area contributed by atoms with Crippen LogP contribution in [0.15, 0.2) is 23.2 Å². The van der Waals surface area contributed by atoms with E-state index in [1.54, 1.807) is 14.2 Å². The van der Waals surface area contributed by atoms with Crippen LogP contribution >= 0.6 is 24.0 Å². The van der Waals surface area contributed by atoms with Gasteiger partial charge >= 0.3 is 0 Å². The Balaban J connectivity index is 0.00000392. The van der Waals surface area contributed by atoms with Crippen molar-refractivity contribution in [1.29, 1.82) is 0 Å². The summed E-state index contributed by atoms with van der Waals surface area (Å²) in [6.45, 7) is 7.85. The third-order valence-electron chi connectivity index (χ3n) is 5.17. The number of hydrogen-bond donors (Lipinski definition) is 2. The first-order chi connectivity index (χ1) is 13.2. The van der Waals surface area contributed by atoms with Crippen molar-refractivity contribution < 1.29 is 14.2 Å². The predicted molar refractivity (Wildman–Crippen MR) is 125 cm³/mol. The highest BCUT2D eigenvalue weighted by molar-refractivity contribution is 14.0. The monoisotopic (exact) mass is 505 g/mol. The Kier molecular flexibility index (Phi) is 11.6. The number of benzene rings is 1. The van der Waals surface area contributed by atoms with Gasteiger partial charge in [-0.25, -0.2) is 4.99 Å². The second-order valence-corrected chi connectivity index (χ2v) is 7.06. The van der Waals surface area contributed by atoms with Gasteiger partial charge in [0.2, 0.25) is 0 Å². The molecule has 2 rings (SSSR count). The van der Waals surface area contributed by atoms with E-state index in [1.165, 1.54) is 19.3 Å². The number of ether oxygens (including phenoxy) is 3. The van der Waals surface area contributed by atoms with Crippen molar-refractivity contribution in [1.82, 2.24) is 10.6 Å². The van der Waals surface area contributed by atoms with E-state index in [0.29, 0.717) is 18.6 Å². The molecule has 1 aliphatic carbocycles. The second kappa shape index (κ2) is 13.1. The number of rotatable bonds is 11. The number of aliphatic imine (C=N–C) groups is 1. The van der Waals surface area contributed by atoms with Crippen LogP contribution in [-0.4, -0.2) is 46.5 Å². The maximum absolute atomic E-state index is 5.66. The van der Waals surface area contributed by atoms with Gasteiger partial charge in [0, 0.05) is 26.8 Å². The highest BCUT2D eigenvalue weighted by Gasteiger charge is 2.36. The number of nitrogens with zero attached hydrogens (tertiary/aromatic N) is 1. The van der Waals surface area contributed by atoms with E-state index in [9.17, 15) is 0 Å². The molecule has 160 valence electrons. The molecule has 1 aliphatic rings. The molecule has 0 saturated heterocycles. The number of nitrogens with one attached hydrogen (secondary N) is 2. The highest BCUT2D eigenvalue weighted by atomic mass is 127. The fourth-order valence-electron chi connectivity index (χ4n) is 3.38. The Morgan fingerprint density at radius 1 is 1.14 bits per heavy atom. The summed E-state index contributed by atoms with van der Waals surface area (Å²) in [6, 6.07) is 5.96. The highest BCUT2D eigenvalue weighted by Crippen LogP contribution is 2.43. The standard InChI is InChI=1S/C21H35N3O3.HI/c1-5-22-20(24-16-21(10-7-11-21)12-13-25-3)23-15-17-8-9-18(26-4)19(14-17)27-6-2;/h8-9,14H,5-7,10-13,15-16H2,1-4H3,(H2,22,23,24);1H. The molecule has 1 saturated carbocycles. The van der Waals surface area contributed by atoms with Crippen LogP contribution in [0, 0.1) is 5.41 Å². The smallest absolute Gasteiger partial charge is 0.191 e. The summed E-state index contributed by atoms with van der Waals surface area (Å²) in [6.07, 6.45) is 4.94. The summed E-state index contributed by atoms with van der Waals surface area (Å²) in [4.78, 5) is 4.75. The van der Waals surface area contributed by atoms with E-state index >= 15 is 0 Å². The van der Waals surface area contributed by atoms with Gasteiger partial charge < -0.3 is 24.8 Å². The Morgan fingerprint density at radius 2 is 1.93 bits per heavy atom. The van der Waals surface area contributed by atoms with Gasteiger partial charge in [0.05, 0.1) is 20.3 Å². The molecular weight excluding hydrogens is 469 g/mol. The zero-order chi connectivity index (χ0) is 19.5. The van der Waals surface area contributed by atoms with Crippen LogP contribution < -0.4 is 20.1 Å². The normalized spacial score (nSPS) is 15.2. The van der Waals surface area contributed by atoms with Crippen LogP contribution in [0.3, 0.4) is 0 Å². The molecule has 0 unspecified atom stereocenters. The van der Waals surface area contributed by atoms with Crippen LogP contribution in [0.2, 0.25) is 0 Å². The molecule has 0 aromatic heterocycles. The minimum atomic E-state index is 0. The summed E-state index contributed by atoms with van der Waals surface area (Å²) < 4.78 is 16.3. The first-order valence-corrected chi connectivity index (χ1v) is 9.97. The molecular formula is C21H36IN3O3. The van der Waals surface area contributed by atoms with Crippen LogP contribution in [0.25, 0.3) is 0 Å². The third kappa shape index (κ3) is 7.31. The predicted octanol–water partition coefficient (Wildman–Crippen LogP) is 3.97. The van der Waals surface area contributed by atoms with Gasteiger partial charge in [0.1, 0.15) is 0 Å². The Morgan fingerprint density at radius 3 is 2.50 bits per heavy atom. The molecule has 0 aliphatic heterocycles. The average Bonchev–Trinajstić information content (AvgIpc) is 2.65. The van der Waals surface area contributed by atoms with E-state index < -0.39 is 0 Å². The molecule has 6 nitrogen and oxygen atoms in total. The van der Waals surface area contributed by atoms with Crippen LogP contribution in [-0.2, 0) is 11.3 Å². The lowest BCUT2D eigenvalue weighted by molar-refractivity contribution is 0.0732. The first kappa shape index (κ1) is 24.8. The molecule has 0 spiro atoms. The molecule has 7 heteroatoms. The molecule has 1 aromatic carbocycles. The maximum atomic E-state index is 5.66. The van der Waals surface area contributed by atoms with Crippen LogP contribution in [0.1, 0.15) is 45.1 Å². The SMILES string of the molecule is CCNC(=NCc1ccc(OC)c(OCC)c1)NCC1(CCOC)CCC1.I. The lowest BCUT2D eigenvalue weighted by atomic mass is 9.67. The van der Waals surface area contributed by atoms with E-state index in [4.69, 9.17) is 19.2 Å². The zero-order valence-electron chi connectivity index (χ0n) is 17.7. The minimum Gasteiger partial charge on any atom is -0.493 e. The fraction of sp³-hybridized carbons (Fsp3) is 0.667. The lowest BCUT2D eigenvalue weighted by Gasteiger charge is -2.42. The summed E-state index contributed by atoms with van der Waals surface area (Å²) >= 11 is 0. The van der Waals surface area contributed by atoms with E-state index in [0.717, 1.165) is 49.1 Å². The molecule has 0 heterocycles. The van der Waals surface area contributed by atoms with Crippen LogP contribution in [0.4, 0.5) is 0 Å². The average molecular weight is 505 g/mol. The van der Waals surface area contributed by atoms with Crippen molar-refractivity contribution in [3.63, 3.8) is 0 Å². The molecule has 0 amide bonds. The molecule has 1 fully saturated rings. The summed E-state index contributed by atoms with van der Waals surface area (Å²) in [5, 5.41) is 6.88. The molecule has 28 heavy (non-hydrogen) atoms. The zero-order valence-corrected chi connectivity index (χ0v) is 20.0. The van der Waals surface area contributed by atoms with Crippen molar-refractivity contribution in [3.05, 3.63) is 23.8 Å². The Labute approximate surface area is 186 Å². The Bertz CT molecular complexity index is 607. The second-order valence-electron chi connectivity index (χ2n) is 7.06. The van der Waals surface area contributed by atoms with Gasteiger partial charge in [0.15, 0.2) is 17.5 Å². The molecule has 0 bridgehead atoms. The van der Waals surface area contributed by atoms with Crippen LogP contribution in [0.5, 0.6) is 11.5 Å². The van der Waals surface area contributed by atoms with Crippen molar-refractivity contribution in [2.45, 2.75) is 46.1 Å². The van der Waals surface area contributed by atoms with Crippen molar-refractivity contribution in [3.8, 4) is 11.5 Å². The number of guanidine groups is 1. The summed E-state index contributed by atoms with van der Waals surface area (Å²) in [7, 11) is 3.43. The van der Waals surface area contributed by atoms with Gasteiger partial charge in [-0.1, -0.05) is 12.5 Å². The summed E-state index contributed by atoms with van der Waals surface area (Å²) in [5.41, 5.74) is 1.45. The van der Waals surface area contributed by atoms with Gasteiger partial charge in [-0.15, -0.1) is 24.0 Å². The number of methoxy groups -OCH3 is 2. The fourth-order valence-corrected chi connectivity index (χ4v) is 3.38. The van der Waals surface area contributed by atoms with Gasteiger partial charge in [0.25, 0.3) is 0 Å². The first-order valence-electron chi connectivity index (χ1n) is 9.97. The molecule has 0 atom stereocenters. The van der Waals surface area contributed by atoms with Crippen molar-refractivity contribution in [2.24, 2.45) is 10.4 Å². The van der Waals surface area contributed by atoms with Crippen molar-refractivity contribution >= 4 is 29.9 Å².